The Labute approximate surface area is 219 Å². The lowest BCUT2D eigenvalue weighted by molar-refractivity contribution is -0.140. The number of hydrogen-bond donors (Lipinski definition) is 4. The Kier molecular flexibility index (Phi) is 12.0. The number of unbranched alkanes of at least 4 members (excludes halogenated alkanes) is 2. The standard InChI is InChI=1S/C26H44N4O7/c1-18(2)37-16-13-26(3,4)28-24(35)19(17-31)27-25(36)20-9-8-15-29(20)21(32)10-6-5-7-14-30-22(33)11-12-23(30)34/h11-12,18-20,22,31,33H,5-10,13-17H2,1-4H3,(H,27,36)(H,28,35). The Bertz CT molecular complexity index is 830. The highest BCUT2D eigenvalue weighted by atomic mass is 16.5. The van der Waals surface area contributed by atoms with Crippen molar-refractivity contribution in [3.05, 3.63) is 12.2 Å². The van der Waals surface area contributed by atoms with Gasteiger partial charge in [-0.2, -0.15) is 0 Å². The topological polar surface area (TPSA) is 149 Å². The first kappa shape index (κ1) is 30.7. The maximum Gasteiger partial charge on any atom is 0.248 e. The summed E-state index contributed by atoms with van der Waals surface area (Å²) in [4.78, 5) is 53.0. The van der Waals surface area contributed by atoms with Crippen molar-refractivity contribution in [2.75, 3.05) is 26.3 Å². The predicted molar refractivity (Wildman–Crippen MR) is 137 cm³/mol. The molecule has 2 aliphatic heterocycles. The van der Waals surface area contributed by atoms with Crippen molar-refractivity contribution in [3.8, 4) is 0 Å². The van der Waals surface area contributed by atoms with E-state index in [1.54, 1.807) is 4.90 Å². The quantitative estimate of drug-likeness (QED) is 0.227. The third kappa shape index (κ3) is 9.71. The molecule has 0 spiro atoms. The van der Waals surface area contributed by atoms with E-state index in [1.807, 2.05) is 27.7 Å². The molecule has 2 rings (SSSR count). The second-order valence-electron chi connectivity index (χ2n) is 10.6. The Morgan fingerprint density at radius 2 is 1.95 bits per heavy atom. The van der Waals surface area contributed by atoms with Gasteiger partial charge in [0.05, 0.1) is 12.7 Å². The molecule has 3 unspecified atom stereocenters. The highest BCUT2D eigenvalue weighted by Gasteiger charge is 2.36. The van der Waals surface area contributed by atoms with E-state index in [0.29, 0.717) is 58.2 Å². The predicted octanol–water partition coefficient (Wildman–Crippen LogP) is 0.442. The molecule has 4 N–H and O–H groups in total. The summed E-state index contributed by atoms with van der Waals surface area (Å²) in [6.45, 7) is 8.37. The number of likely N-dealkylation sites (tertiary alicyclic amines) is 1. The molecule has 3 atom stereocenters. The van der Waals surface area contributed by atoms with Crippen LogP contribution < -0.4 is 10.6 Å². The average molecular weight is 525 g/mol. The third-order valence-corrected chi connectivity index (χ3v) is 6.63. The summed E-state index contributed by atoms with van der Waals surface area (Å²) in [5.41, 5.74) is -0.587. The fourth-order valence-electron chi connectivity index (χ4n) is 4.45. The van der Waals surface area contributed by atoms with Gasteiger partial charge in [-0.05, 0) is 65.9 Å². The normalized spacial score (nSPS) is 20.6. The van der Waals surface area contributed by atoms with Crippen LogP contribution in [0.25, 0.3) is 0 Å². The van der Waals surface area contributed by atoms with Crippen molar-refractivity contribution < 1.29 is 34.1 Å². The van der Waals surface area contributed by atoms with Gasteiger partial charge in [0.25, 0.3) is 0 Å². The molecule has 37 heavy (non-hydrogen) atoms. The molecule has 0 aromatic heterocycles. The van der Waals surface area contributed by atoms with Crippen LogP contribution in [-0.2, 0) is 23.9 Å². The minimum atomic E-state index is -1.12. The second kappa shape index (κ2) is 14.4. The van der Waals surface area contributed by atoms with Crippen LogP contribution in [0.1, 0.15) is 72.6 Å². The van der Waals surface area contributed by atoms with Crippen molar-refractivity contribution in [1.29, 1.82) is 0 Å². The van der Waals surface area contributed by atoms with Gasteiger partial charge < -0.3 is 35.4 Å². The number of carbonyl (C=O) groups is 4. The first-order valence-electron chi connectivity index (χ1n) is 13.3. The number of amides is 4. The molecule has 0 aromatic rings. The Morgan fingerprint density at radius 3 is 2.57 bits per heavy atom. The van der Waals surface area contributed by atoms with Crippen molar-refractivity contribution in [2.45, 2.75) is 103 Å². The molecule has 11 nitrogen and oxygen atoms in total. The van der Waals surface area contributed by atoms with Gasteiger partial charge in [0.1, 0.15) is 18.3 Å². The first-order chi connectivity index (χ1) is 17.4. The van der Waals surface area contributed by atoms with Crippen LogP contribution in [0.5, 0.6) is 0 Å². The molecule has 210 valence electrons. The summed E-state index contributed by atoms with van der Waals surface area (Å²) in [7, 11) is 0. The number of aliphatic hydroxyl groups is 2. The van der Waals surface area contributed by atoms with Gasteiger partial charge in [0.15, 0.2) is 0 Å². The van der Waals surface area contributed by atoms with E-state index in [2.05, 4.69) is 10.6 Å². The van der Waals surface area contributed by atoms with Crippen LogP contribution in [0.15, 0.2) is 12.2 Å². The summed E-state index contributed by atoms with van der Waals surface area (Å²) >= 11 is 0. The summed E-state index contributed by atoms with van der Waals surface area (Å²) in [5, 5.41) is 25.0. The Balaban J connectivity index is 1.78. The Hall–Kier alpha value is -2.50. The number of carbonyl (C=O) groups excluding carboxylic acids is 4. The molecule has 4 amide bonds. The van der Waals surface area contributed by atoms with E-state index in [-0.39, 0.29) is 24.3 Å². The van der Waals surface area contributed by atoms with E-state index in [4.69, 9.17) is 4.74 Å². The molecule has 2 aliphatic rings. The van der Waals surface area contributed by atoms with Crippen LogP contribution in [-0.4, -0.2) is 99.9 Å². The van der Waals surface area contributed by atoms with E-state index in [1.165, 1.54) is 17.1 Å². The fraction of sp³-hybridized carbons (Fsp3) is 0.769. The number of rotatable bonds is 15. The maximum atomic E-state index is 12.9. The number of ether oxygens (including phenoxy) is 1. The van der Waals surface area contributed by atoms with Crippen LogP contribution in [0, 0.1) is 0 Å². The van der Waals surface area contributed by atoms with E-state index in [0.717, 1.165) is 0 Å². The molecule has 1 fully saturated rings. The molecule has 0 saturated carbocycles. The molecular weight excluding hydrogens is 480 g/mol. The van der Waals surface area contributed by atoms with E-state index >= 15 is 0 Å². The third-order valence-electron chi connectivity index (χ3n) is 6.63. The van der Waals surface area contributed by atoms with E-state index < -0.39 is 42.3 Å². The zero-order chi connectivity index (χ0) is 27.6. The van der Waals surface area contributed by atoms with Gasteiger partial charge in [-0.1, -0.05) is 6.42 Å². The van der Waals surface area contributed by atoms with Crippen LogP contribution in [0.3, 0.4) is 0 Å². The second-order valence-corrected chi connectivity index (χ2v) is 10.6. The molecule has 0 radical (unpaired) electrons. The number of hydrogen-bond acceptors (Lipinski definition) is 7. The highest BCUT2D eigenvalue weighted by Crippen LogP contribution is 2.20. The van der Waals surface area contributed by atoms with Crippen molar-refractivity contribution >= 4 is 23.6 Å². The molecule has 0 aliphatic carbocycles. The number of aliphatic hydroxyl groups excluding tert-OH is 2. The maximum absolute atomic E-state index is 12.9. The fourth-order valence-corrected chi connectivity index (χ4v) is 4.45. The molecule has 0 bridgehead atoms. The van der Waals surface area contributed by atoms with E-state index in [9.17, 15) is 29.4 Å². The smallest absolute Gasteiger partial charge is 0.248 e. The molecule has 11 heteroatoms. The molecule has 1 saturated heterocycles. The lowest BCUT2D eigenvalue weighted by Crippen LogP contribution is -2.57. The monoisotopic (exact) mass is 524 g/mol. The zero-order valence-electron chi connectivity index (χ0n) is 22.6. The molecule has 2 heterocycles. The minimum absolute atomic E-state index is 0.0835. The summed E-state index contributed by atoms with van der Waals surface area (Å²) in [6, 6.07) is -1.79. The van der Waals surface area contributed by atoms with Crippen molar-refractivity contribution in [3.63, 3.8) is 0 Å². The number of nitrogens with one attached hydrogen (secondary N) is 2. The van der Waals surface area contributed by atoms with Crippen LogP contribution >= 0.6 is 0 Å². The lowest BCUT2D eigenvalue weighted by Gasteiger charge is -2.30. The summed E-state index contributed by atoms with van der Waals surface area (Å²) < 4.78 is 5.55. The molecular formula is C26H44N4O7. The van der Waals surface area contributed by atoms with Gasteiger partial charge in [-0.15, -0.1) is 0 Å². The van der Waals surface area contributed by atoms with Crippen molar-refractivity contribution in [2.24, 2.45) is 0 Å². The lowest BCUT2D eigenvalue weighted by atomic mass is 10.0. The van der Waals surface area contributed by atoms with Crippen LogP contribution in [0.4, 0.5) is 0 Å². The zero-order valence-corrected chi connectivity index (χ0v) is 22.6. The average Bonchev–Trinajstić information content (AvgIpc) is 3.43. The first-order valence-corrected chi connectivity index (χ1v) is 13.3. The van der Waals surface area contributed by atoms with Crippen molar-refractivity contribution in [1.82, 2.24) is 20.4 Å². The molecule has 0 aromatic carbocycles. The van der Waals surface area contributed by atoms with Gasteiger partial charge >= 0.3 is 0 Å². The number of nitrogens with zero attached hydrogens (tertiary/aromatic N) is 2. The summed E-state index contributed by atoms with van der Waals surface area (Å²) in [6.07, 6.45) is 5.99. The Morgan fingerprint density at radius 1 is 1.22 bits per heavy atom. The van der Waals surface area contributed by atoms with Gasteiger partial charge in [0.2, 0.25) is 23.6 Å². The van der Waals surface area contributed by atoms with Gasteiger partial charge in [-0.25, -0.2) is 0 Å². The van der Waals surface area contributed by atoms with Gasteiger partial charge in [-0.3, -0.25) is 19.2 Å². The SMILES string of the molecule is CC(C)OCCC(C)(C)NC(=O)C(CO)NC(=O)C1CCCN1C(=O)CCCCCN1C(=O)C=CC1O. The minimum Gasteiger partial charge on any atom is -0.394 e. The summed E-state index contributed by atoms with van der Waals surface area (Å²) in [5.74, 6) is -1.28. The largest absolute Gasteiger partial charge is 0.394 e. The van der Waals surface area contributed by atoms with Gasteiger partial charge in [0, 0.05) is 37.7 Å². The highest BCUT2D eigenvalue weighted by molar-refractivity contribution is 5.92. The van der Waals surface area contributed by atoms with Crippen LogP contribution in [0.2, 0.25) is 0 Å².